The number of nitrogens with two attached hydrogens (primary N) is 1. The van der Waals surface area contributed by atoms with Crippen molar-refractivity contribution in [1.82, 2.24) is 5.43 Å². The third kappa shape index (κ3) is 1.91. The third-order valence-electron chi connectivity index (χ3n) is 2.01. The lowest BCUT2D eigenvalue weighted by Gasteiger charge is -2.19. The van der Waals surface area contributed by atoms with Crippen molar-refractivity contribution in [3.8, 4) is 11.5 Å². The minimum Gasteiger partial charge on any atom is -0.486 e. The average Bonchev–Trinajstić information content (AvgIpc) is 2.27. The van der Waals surface area contributed by atoms with Crippen LogP contribution in [0.1, 0.15) is 10.4 Å². The van der Waals surface area contributed by atoms with Crippen LogP contribution in [-0.4, -0.2) is 19.1 Å². The summed E-state index contributed by atoms with van der Waals surface area (Å²) in [6.45, 7) is 1.00. The predicted molar refractivity (Wildman–Crippen MR) is 56.8 cm³/mol. The number of benzene rings is 1. The summed E-state index contributed by atoms with van der Waals surface area (Å²) in [5, 5.41) is 0. The number of ether oxygens (including phenoxy) is 2. The summed E-state index contributed by atoms with van der Waals surface area (Å²) in [6, 6.07) is 3.29. The van der Waals surface area contributed by atoms with Crippen molar-refractivity contribution in [2.24, 2.45) is 5.84 Å². The Morgan fingerprint density at radius 2 is 1.93 bits per heavy atom. The van der Waals surface area contributed by atoms with E-state index in [9.17, 15) is 4.79 Å². The van der Waals surface area contributed by atoms with Crippen molar-refractivity contribution < 1.29 is 14.3 Å². The molecule has 0 fully saturated rings. The number of nitrogens with one attached hydrogen (secondary N) is 1. The highest BCUT2D eigenvalue weighted by atomic mass is 79.9. The maximum Gasteiger partial charge on any atom is 0.266 e. The van der Waals surface area contributed by atoms with Gasteiger partial charge in [0.05, 0.1) is 5.56 Å². The van der Waals surface area contributed by atoms with Gasteiger partial charge in [-0.15, -0.1) is 0 Å². The molecule has 3 N–H and O–H groups in total. The lowest BCUT2D eigenvalue weighted by molar-refractivity contribution is 0.0951. The van der Waals surface area contributed by atoms with Crippen LogP contribution >= 0.6 is 15.9 Å². The minimum absolute atomic E-state index is 0.376. The topological polar surface area (TPSA) is 73.6 Å². The maximum atomic E-state index is 11.4. The number of amides is 1. The van der Waals surface area contributed by atoms with E-state index in [0.29, 0.717) is 34.7 Å². The molecule has 0 spiro atoms. The molecule has 2 rings (SSSR count). The molecule has 1 amide bonds. The maximum absolute atomic E-state index is 11.4. The lowest BCUT2D eigenvalue weighted by Crippen LogP contribution is -2.30. The quantitative estimate of drug-likeness (QED) is 0.451. The summed E-state index contributed by atoms with van der Waals surface area (Å²) in [4.78, 5) is 11.4. The Morgan fingerprint density at radius 3 is 2.53 bits per heavy atom. The minimum atomic E-state index is -0.376. The Hall–Kier alpha value is -1.27. The Bertz CT molecular complexity index is 409. The number of hydrazine groups is 1. The van der Waals surface area contributed by atoms with Gasteiger partial charge >= 0.3 is 0 Å². The molecular formula is C9H9BrN2O3. The van der Waals surface area contributed by atoms with Crippen molar-refractivity contribution in [1.29, 1.82) is 0 Å². The van der Waals surface area contributed by atoms with Crippen LogP contribution in [0, 0.1) is 0 Å². The van der Waals surface area contributed by atoms with Gasteiger partial charge < -0.3 is 9.47 Å². The standard InChI is InChI=1S/C9H9BrN2O3/c10-6-4-8-7(14-1-2-15-8)3-5(6)9(13)12-11/h3-4H,1-2,11H2,(H,12,13). The fourth-order valence-corrected chi connectivity index (χ4v) is 1.82. The molecule has 1 aliphatic heterocycles. The fraction of sp³-hybridized carbons (Fsp3) is 0.222. The summed E-state index contributed by atoms with van der Waals surface area (Å²) in [6.07, 6.45) is 0. The molecule has 0 bridgehead atoms. The third-order valence-corrected chi connectivity index (χ3v) is 2.66. The second-order valence-electron chi connectivity index (χ2n) is 2.95. The fourth-order valence-electron chi connectivity index (χ4n) is 1.32. The van der Waals surface area contributed by atoms with Crippen molar-refractivity contribution in [2.75, 3.05) is 13.2 Å². The molecule has 5 nitrogen and oxygen atoms in total. The molecule has 0 saturated heterocycles. The van der Waals surface area contributed by atoms with Gasteiger partial charge in [0.25, 0.3) is 5.91 Å². The van der Waals surface area contributed by atoms with Crippen LogP contribution in [0.4, 0.5) is 0 Å². The summed E-state index contributed by atoms with van der Waals surface area (Å²) in [7, 11) is 0. The van der Waals surface area contributed by atoms with E-state index in [-0.39, 0.29) is 5.91 Å². The highest BCUT2D eigenvalue weighted by Crippen LogP contribution is 2.35. The van der Waals surface area contributed by atoms with E-state index >= 15 is 0 Å². The van der Waals surface area contributed by atoms with E-state index in [1.165, 1.54) is 0 Å². The number of nitrogen functional groups attached to an aromatic ring is 1. The molecule has 6 heteroatoms. The van der Waals surface area contributed by atoms with E-state index in [0.717, 1.165) is 0 Å². The molecule has 0 aromatic heterocycles. The van der Waals surface area contributed by atoms with Crippen molar-refractivity contribution in [3.05, 3.63) is 22.2 Å². The van der Waals surface area contributed by atoms with E-state index < -0.39 is 0 Å². The number of rotatable bonds is 1. The highest BCUT2D eigenvalue weighted by Gasteiger charge is 2.17. The molecule has 1 heterocycles. The molecule has 0 unspecified atom stereocenters. The van der Waals surface area contributed by atoms with Crippen molar-refractivity contribution in [2.45, 2.75) is 0 Å². The Labute approximate surface area is 94.6 Å². The first-order valence-corrected chi connectivity index (χ1v) is 5.12. The summed E-state index contributed by atoms with van der Waals surface area (Å²) >= 11 is 3.26. The number of hydrogen-bond donors (Lipinski definition) is 2. The van der Waals surface area contributed by atoms with Gasteiger partial charge in [-0.2, -0.15) is 0 Å². The van der Waals surface area contributed by atoms with Gasteiger partial charge in [-0.1, -0.05) is 0 Å². The van der Waals surface area contributed by atoms with E-state index in [2.05, 4.69) is 21.4 Å². The molecule has 1 aliphatic rings. The van der Waals surface area contributed by atoms with Crippen LogP contribution in [0.25, 0.3) is 0 Å². The number of hydrogen-bond acceptors (Lipinski definition) is 4. The largest absolute Gasteiger partial charge is 0.486 e. The molecular weight excluding hydrogens is 264 g/mol. The zero-order valence-corrected chi connectivity index (χ0v) is 9.33. The normalized spacial score (nSPS) is 13.5. The van der Waals surface area contributed by atoms with Crippen LogP contribution in [0.3, 0.4) is 0 Å². The van der Waals surface area contributed by atoms with Gasteiger partial charge in [-0.25, -0.2) is 5.84 Å². The van der Waals surface area contributed by atoms with Crippen molar-refractivity contribution >= 4 is 21.8 Å². The lowest BCUT2D eigenvalue weighted by atomic mass is 10.2. The first-order valence-electron chi connectivity index (χ1n) is 4.32. The first-order chi connectivity index (χ1) is 7.22. The van der Waals surface area contributed by atoms with Crippen LogP contribution in [-0.2, 0) is 0 Å². The van der Waals surface area contributed by atoms with Crippen LogP contribution in [0.15, 0.2) is 16.6 Å². The molecule has 80 valence electrons. The number of fused-ring (bicyclic) bond motifs is 1. The second-order valence-corrected chi connectivity index (χ2v) is 3.80. The van der Waals surface area contributed by atoms with Gasteiger partial charge in [0, 0.05) is 4.47 Å². The Balaban J connectivity index is 2.44. The second kappa shape index (κ2) is 4.08. The van der Waals surface area contributed by atoms with E-state index in [1.54, 1.807) is 12.1 Å². The zero-order chi connectivity index (χ0) is 10.8. The number of carbonyl (C=O) groups is 1. The molecule has 0 radical (unpaired) electrons. The van der Waals surface area contributed by atoms with Gasteiger partial charge in [0.2, 0.25) is 0 Å². The molecule has 15 heavy (non-hydrogen) atoms. The van der Waals surface area contributed by atoms with E-state index in [1.807, 2.05) is 0 Å². The van der Waals surface area contributed by atoms with Crippen molar-refractivity contribution in [3.63, 3.8) is 0 Å². The first kappa shape index (κ1) is 10.3. The van der Waals surface area contributed by atoms with Gasteiger partial charge in [-0.05, 0) is 28.1 Å². The highest BCUT2D eigenvalue weighted by molar-refractivity contribution is 9.10. The van der Waals surface area contributed by atoms with E-state index in [4.69, 9.17) is 15.3 Å². The van der Waals surface area contributed by atoms with Crippen LogP contribution in [0.2, 0.25) is 0 Å². The van der Waals surface area contributed by atoms with Gasteiger partial charge in [0.1, 0.15) is 13.2 Å². The number of carbonyl (C=O) groups excluding carboxylic acids is 1. The SMILES string of the molecule is NNC(=O)c1cc2c(cc1Br)OCCO2. The molecule has 0 saturated carbocycles. The number of halogens is 1. The Morgan fingerprint density at radius 1 is 1.33 bits per heavy atom. The smallest absolute Gasteiger partial charge is 0.266 e. The monoisotopic (exact) mass is 272 g/mol. The average molecular weight is 273 g/mol. The summed E-state index contributed by atoms with van der Waals surface area (Å²) < 4.78 is 11.3. The zero-order valence-electron chi connectivity index (χ0n) is 7.75. The summed E-state index contributed by atoms with van der Waals surface area (Å²) in [5.41, 5.74) is 2.48. The van der Waals surface area contributed by atoms with Gasteiger partial charge in [-0.3, -0.25) is 10.2 Å². The predicted octanol–water partition coefficient (Wildman–Crippen LogP) is 0.824. The Kier molecular flexibility index (Phi) is 2.79. The summed E-state index contributed by atoms with van der Waals surface area (Å²) in [5.74, 6) is 5.87. The molecule has 1 aromatic carbocycles. The molecule has 0 atom stereocenters. The van der Waals surface area contributed by atoms with Gasteiger partial charge in [0.15, 0.2) is 11.5 Å². The van der Waals surface area contributed by atoms with Crippen LogP contribution < -0.4 is 20.7 Å². The molecule has 1 aromatic rings. The molecule has 0 aliphatic carbocycles. The van der Waals surface area contributed by atoms with Crippen LogP contribution in [0.5, 0.6) is 11.5 Å².